The van der Waals surface area contributed by atoms with Gasteiger partial charge in [-0.05, 0) is 52.2 Å². The Morgan fingerprint density at radius 2 is 1.95 bits per heavy atom. The molecule has 22 heavy (non-hydrogen) atoms. The van der Waals surface area contributed by atoms with Crippen LogP contribution in [0.3, 0.4) is 0 Å². The first-order valence-corrected chi connectivity index (χ1v) is 8.66. The number of nitrogens with one attached hydrogen (secondary N) is 2. The quantitative estimate of drug-likeness (QED) is 0.830. The Kier molecular flexibility index (Phi) is 6.88. The van der Waals surface area contributed by atoms with Crippen molar-refractivity contribution in [3.8, 4) is 0 Å². The van der Waals surface area contributed by atoms with E-state index in [4.69, 9.17) is 4.74 Å². The van der Waals surface area contributed by atoms with Crippen LogP contribution in [0.4, 0.5) is 4.79 Å². The number of carbonyl (C=O) groups is 1. The molecule has 4 nitrogen and oxygen atoms in total. The molecule has 0 bridgehead atoms. The first-order valence-electron chi connectivity index (χ1n) is 7.84. The number of carbonyl (C=O) groups excluding carboxylic acids is 1. The second kappa shape index (κ2) is 7.97. The van der Waals surface area contributed by atoms with Gasteiger partial charge in [0.2, 0.25) is 0 Å². The number of rotatable bonds is 6. The summed E-state index contributed by atoms with van der Waals surface area (Å²) in [5.41, 5.74) is 0.868. The smallest absolute Gasteiger partial charge is 0.407 e. The van der Waals surface area contributed by atoms with Crippen LogP contribution in [0.2, 0.25) is 0 Å². The van der Waals surface area contributed by atoms with Gasteiger partial charge in [0.15, 0.2) is 0 Å². The standard InChI is InChI=1S/C17H30N2O2S/c1-11(2)15(19-16(20)21-17(5,6)7)10-18-9-14-8-12(3)22-13(14)4/h8,11,15,18H,9-10H2,1-7H3,(H,19,20). The highest BCUT2D eigenvalue weighted by molar-refractivity contribution is 7.12. The van der Waals surface area contributed by atoms with Crippen LogP contribution in [0, 0.1) is 19.8 Å². The minimum atomic E-state index is -0.468. The molecule has 1 heterocycles. The summed E-state index contributed by atoms with van der Waals surface area (Å²) in [6.45, 7) is 15.6. The van der Waals surface area contributed by atoms with Gasteiger partial charge in [-0.25, -0.2) is 4.79 Å². The lowest BCUT2D eigenvalue weighted by Crippen LogP contribution is -2.46. The largest absolute Gasteiger partial charge is 0.444 e. The van der Waals surface area contributed by atoms with Crippen molar-refractivity contribution in [3.63, 3.8) is 0 Å². The average Bonchev–Trinajstić information content (AvgIpc) is 2.64. The van der Waals surface area contributed by atoms with Gasteiger partial charge in [0.25, 0.3) is 0 Å². The first kappa shape index (κ1) is 19.0. The third-order valence-electron chi connectivity index (χ3n) is 3.33. The molecule has 1 amide bonds. The van der Waals surface area contributed by atoms with E-state index in [2.05, 4.69) is 44.4 Å². The van der Waals surface area contributed by atoms with Crippen molar-refractivity contribution in [2.45, 2.75) is 66.7 Å². The highest BCUT2D eigenvalue weighted by Gasteiger charge is 2.21. The fraction of sp³-hybridized carbons (Fsp3) is 0.706. The molecule has 0 aromatic carbocycles. The Labute approximate surface area is 138 Å². The SMILES string of the molecule is Cc1cc(CNCC(NC(=O)OC(C)(C)C)C(C)C)c(C)s1. The molecule has 0 saturated heterocycles. The third-order valence-corrected chi connectivity index (χ3v) is 4.34. The van der Waals surface area contributed by atoms with Crippen LogP contribution in [0.1, 0.15) is 49.9 Å². The molecule has 1 unspecified atom stereocenters. The summed E-state index contributed by atoms with van der Waals surface area (Å²) < 4.78 is 5.33. The summed E-state index contributed by atoms with van der Waals surface area (Å²) in [6, 6.07) is 2.27. The number of hydrogen-bond donors (Lipinski definition) is 2. The fourth-order valence-corrected chi connectivity index (χ4v) is 3.08. The Bertz CT molecular complexity index is 489. The zero-order valence-corrected chi connectivity index (χ0v) is 15.7. The summed E-state index contributed by atoms with van der Waals surface area (Å²) in [7, 11) is 0. The van der Waals surface area contributed by atoms with E-state index in [1.54, 1.807) is 0 Å². The number of alkyl carbamates (subject to hydrolysis) is 1. The van der Waals surface area contributed by atoms with E-state index in [0.29, 0.717) is 5.92 Å². The van der Waals surface area contributed by atoms with Crippen LogP contribution in [0.15, 0.2) is 6.07 Å². The van der Waals surface area contributed by atoms with Crippen molar-refractivity contribution >= 4 is 17.4 Å². The Morgan fingerprint density at radius 1 is 1.32 bits per heavy atom. The molecule has 1 aromatic rings. The minimum absolute atomic E-state index is 0.0508. The number of ether oxygens (including phenoxy) is 1. The second-order valence-corrected chi connectivity index (χ2v) is 8.53. The Balaban J connectivity index is 2.48. The maximum Gasteiger partial charge on any atom is 0.407 e. The molecular formula is C17H30N2O2S. The van der Waals surface area contributed by atoms with Crippen molar-refractivity contribution in [1.29, 1.82) is 0 Å². The fourth-order valence-electron chi connectivity index (χ4n) is 2.13. The van der Waals surface area contributed by atoms with E-state index in [9.17, 15) is 4.79 Å². The lowest BCUT2D eigenvalue weighted by atomic mass is 10.0. The zero-order valence-electron chi connectivity index (χ0n) is 14.9. The lowest BCUT2D eigenvalue weighted by molar-refractivity contribution is 0.0490. The number of amides is 1. The minimum Gasteiger partial charge on any atom is -0.444 e. The van der Waals surface area contributed by atoms with Crippen molar-refractivity contribution in [3.05, 3.63) is 21.4 Å². The van der Waals surface area contributed by atoms with Gasteiger partial charge >= 0.3 is 6.09 Å². The van der Waals surface area contributed by atoms with Crippen LogP contribution in [-0.4, -0.2) is 24.3 Å². The Hall–Kier alpha value is -1.07. The molecule has 126 valence electrons. The van der Waals surface area contributed by atoms with Crippen LogP contribution >= 0.6 is 11.3 Å². The summed E-state index contributed by atoms with van der Waals surface area (Å²) in [5.74, 6) is 0.338. The van der Waals surface area contributed by atoms with Gasteiger partial charge < -0.3 is 15.4 Å². The van der Waals surface area contributed by atoms with E-state index >= 15 is 0 Å². The maximum atomic E-state index is 11.9. The van der Waals surface area contributed by atoms with Crippen LogP contribution in [0.5, 0.6) is 0 Å². The van der Waals surface area contributed by atoms with Gasteiger partial charge in [0.1, 0.15) is 5.60 Å². The zero-order chi connectivity index (χ0) is 16.9. The van der Waals surface area contributed by atoms with Crippen LogP contribution in [0.25, 0.3) is 0 Å². The van der Waals surface area contributed by atoms with E-state index in [1.165, 1.54) is 15.3 Å². The van der Waals surface area contributed by atoms with E-state index < -0.39 is 5.60 Å². The predicted octanol–water partition coefficient (Wildman–Crippen LogP) is 4.00. The molecule has 0 radical (unpaired) electrons. The number of aryl methyl sites for hydroxylation is 2. The van der Waals surface area contributed by atoms with Gasteiger partial charge in [0.05, 0.1) is 0 Å². The topological polar surface area (TPSA) is 50.4 Å². The van der Waals surface area contributed by atoms with Gasteiger partial charge in [-0.3, -0.25) is 0 Å². The van der Waals surface area contributed by atoms with Crippen LogP contribution in [-0.2, 0) is 11.3 Å². The highest BCUT2D eigenvalue weighted by Crippen LogP contribution is 2.20. The molecule has 0 aliphatic carbocycles. The van der Waals surface area contributed by atoms with Crippen molar-refractivity contribution in [2.24, 2.45) is 5.92 Å². The molecule has 1 rings (SSSR count). The molecule has 1 aromatic heterocycles. The molecule has 0 saturated carbocycles. The monoisotopic (exact) mass is 326 g/mol. The van der Waals surface area contributed by atoms with E-state index in [1.807, 2.05) is 32.1 Å². The summed E-state index contributed by atoms with van der Waals surface area (Å²) in [5, 5.41) is 6.40. The normalized spacial score (nSPS) is 13.3. The molecule has 2 N–H and O–H groups in total. The van der Waals surface area contributed by atoms with Gasteiger partial charge in [-0.2, -0.15) is 0 Å². The first-order chi connectivity index (χ1) is 10.1. The summed E-state index contributed by atoms with van der Waals surface area (Å²) in [6.07, 6.45) is -0.351. The Morgan fingerprint density at radius 3 is 2.41 bits per heavy atom. The molecule has 1 atom stereocenters. The van der Waals surface area contributed by atoms with E-state index in [0.717, 1.165) is 13.1 Å². The van der Waals surface area contributed by atoms with Crippen molar-refractivity contribution < 1.29 is 9.53 Å². The predicted molar refractivity (Wildman–Crippen MR) is 93.5 cm³/mol. The third kappa shape index (κ3) is 6.79. The second-order valence-electron chi connectivity index (χ2n) is 7.07. The van der Waals surface area contributed by atoms with Crippen molar-refractivity contribution in [1.82, 2.24) is 10.6 Å². The van der Waals surface area contributed by atoms with Gasteiger partial charge in [-0.15, -0.1) is 11.3 Å². The molecule has 0 aliphatic heterocycles. The van der Waals surface area contributed by atoms with Crippen LogP contribution < -0.4 is 10.6 Å². The molecule has 0 spiro atoms. The lowest BCUT2D eigenvalue weighted by Gasteiger charge is -2.26. The summed E-state index contributed by atoms with van der Waals surface area (Å²) >= 11 is 1.82. The summed E-state index contributed by atoms with van der Waals surface area (Å²) in [4.78, 5) is 14.6. The number of thiophene rings is 1. The van der Waals surface area contributed by atoms with Crippen molar-refractivity contribution in [2.75, 3.05) is 6.54 Å². The highest BCUT2D eigenvalue weighted by atomic mass is 32.1. The molecule has 0 fully saturated rings. The average molecular weight is 327 g/mol. The molecular weight excluding hydrogens is 296 g/mol. The molecule has 5 heteroatoms. The van der Waals surface area contributed by atoms with E-state index in [-0.39, 0.29) is 12.1 Å². The molecule has 0 aliphatic rings. The van der Waals surface area contributed by atoms with Gasteiger partial charge in [-0.1, -0.05) is 13.8 Å². The number of hydrogen-bond acceptors (Lipinski definition) is 4. The maximum absolute atomic E-state index is 11.9. The van der Waals surface area contributed by atoms with Gasteiger partial charge in [0, 0.05) is 28.9 Å².